The molecule has 5 rings (SSSR count). The quantitative estimate of drug-likeness (QED) is 0.338. The molecule has 0 unspecified atom stereocenters. The number of nitrogens with one attached hydrogen (secondary N) is 3. The molecule has 3 aromatic carbocycles. The van der Waals surface area contributed by atoms with E-state index in [1.54, 1.807) is 0 Å². The maximum Gasteiger partial charge on any atom is 0.221 e. The second kappa shape index (κ2) is 9.25. The van der Waals surface area contributed by atoms with Crippen LogP contribution in [-0.4, -0.2) is 29.1 Å². The number of hydrogen-bond acceptors (Lipinski definition) is 8. The first-order chi connectivity index (χ1) is 16.1. The Balaban J connectivity index is 1.40. The van der Waals surface area contributed by atoms with Crippen molar-refractivity contribution in [2.45, 2.75) is 11.8 Å². The number of amides is 1. The summed E-state index contributed by atoms with van der Waals surface area (Å²) in [5, 5.41) is 6.11. The summed E-state index contributed by atoms with van der Waals surface area (Å²) in [6.07, 6.45) is 0. The monoisotopic (exact) mass is 459 g/mol. The number of carbonyl (C=O) groups excluding carboxylic acids is 1. The van der Waals surface area contributed by atoms with Gasteiger partial charge in [0.05, 0.1) is 11.0 Å². The zero-order valence-electron chi connectivity index (χ0n) is 17.8. The van der Waals surface area contributed by atoms with E-state index in [0.29, 0.717) is 30.6 Å². The largest absolute Gasteiger partial charge is 0.486 e. The van der Waals surface area contributed by atoms with Crippen molar-refractivity contribution in [1.29, 1.82) is 0 Å². The minimum atomic E-state index is -0.102. The standard InChI is InChI=1S/C24H21N5O3S/c1-15(30)25-16-6-9-18(10-7-16)33-29-24-23(27-19-4-2-3-5-20(19)28-24)26-17-8-11-21-22(14-17)32-13-12-31-21/h2-11,14H,12-13H2,1H3,(H,25,30)(H,26,27)(H,28,29). The Hall–Kier alpha value is -3.98. The molecule has 8 nitrogen and oxygen atoms in total. The predicted molar refractivity (Wildman–Crippen MR) is 130 cm³/mol. The molecular formula is C24H21N5O3S. The minimum absolute atomic E-state index is 0.102. The number of para-hydroxylation sites is 2. The molecule has 0 saturated heterocycles. The first kappa shape index (κ1) is 20.9. The summed E-state index contributed by atoms with van der Waals surface area (Å²) in [6.45, 7) is 2.56. The lowest BCUT2D eigenvalue weighted by atomic mass is 10.2. The lowest BCUT2D eigenvalue weighted by molar-refractivity contribution is -0.114. The Morgan fingerprint density at radius 1 is 0.848 bits per heavy atom. The lowest BCUT2D eigenvalue weighted by Crippen LogP contribution is -2.15. The summed E-state index contributed by atoms with van der Waals surface area (Å²) in [6, 6.07) is 21.0. The predicted octanol–water partition coefficient (Wildman–Crippen LogP) is 5.22. The van der Waals surface area contributed by atoms with Crippen LogP contribution in [0.5, 0.6) is 11.5 Å². The van der Waals surface area contributed by atoms with Gasteiger partial charge in [-0.15, -0.1) is 0 Å². The number of fused-ring (bicyclic) bond motifs is 2. The fourth-order valence-corrected chi connectivity index (χ4v) is 3.96. The molecule has 0 spiro atoms. The van der Waals surface area contributed by atoms with Crippen LogP contribution in [0.2, 0.25) is 0 Å². The van der Waals surface area contributed by atoms with Crippen LogP contribution in [-0.2, 0) is 4.79 Å². The zero-order chi connectivity index (χ0) is 22.6. The van der Waals surface area contributed by atoms with Gasteiger partial charge in [-0.3, -0.25) is 4.79 Å². The van der Waals surface area contributed by atoms with E-state index < -0.39 is 0 Å². The molecule has 33 heavy (non-hydrogen) atoms. The molecule has 166 valence electrons. The topological polar surface area (TPSA) is 97.4 Å². The number of rotatable bonds is 6. The average Bonchev–Trinajstić information content (AvgIpc) is 2.83. The lowest BCUT2D eigenvalue weighted by Gasteiger charge is -2.19. The van der Waals surface area contributed by atoms with Crippen LogP contribution in [0.3, 0.4) is 0 Å². The van der Waals surface area contributed by atoms with Gasteiger partial charge in [-0.2, -0.15) is 0 Å². The van der Waals surface area contributed by atoms with Crippen LogP contribution in [0.25, 0.3) is 11.0 Å². The van der Waals surface area contributed by atoms with E-state index in [1.165, 1.54) is 18.9 Å². The van der Waals surface area contributed by atoms with Crippen LogP contribution in [0, 0.1) is 0 Å². The van der Waals surface area contributed by atoms with E-state index in [9.17, 15) is 4.79 Å². The molecule has 4 aromatic rings. The second-order valence-corrected chi connectivity index (χ2v) is 8.18. The van der Waals surface area contributed by atoms with Crippen LogP contribution in [0.15, 0.2) is 71.6 Å². The minimum Gasteiger partial charge on any atom is -0.486 e. The first-order valence-corrected chi connectivity index (χ1v) is 11.2. The maximum atomic E-state index is 11.2. The highest BCUT2D eigenvalue weighted by Crippen LogP contribution is 2.35. The van der Waals surface area contributed by atoms with Gasteiger partial charge in [0.2, 0.25) is 5.91 Å². The highest BCUT2D eigenvalue weighted by atomic mass is 32.2. The third kappa shape index (κ3) is 4.93. The Labute approximate surface area is 194 Å². The molecule has 0 saturated carbocycles. The molecule has 1 aromatic heterocycles. The molecule has 1 aliphatic rings. The number of ether oxygens (including phenoxy) is 2. The molecule has 9 heteroatoms. The third-order valence-corrected chi connectivity index (χ3v) is 5.62. The molecular weight excluding hydrogens is 438 g/mol. The molecule has 1 amide bonds. The highest BCUT2D eigenvalue weighted by molar-refractivity contribution is 8.00. The number of benzene rings is 3. The zero-order valence-corrected chi connectivity index (χ0v) is 18.6. The molecule has 0 atom stereocenters. The Kier molecular flexibility index (Phi) is 5.86. The summed E-state index contributed by atoms with van der Waals surface area (Å²) < 4.78 is 14.6. The maximum absolute atomic E-state index is 11.2. The van der Waals surface area contributed by atoms with Crippen LogP contribution < -0.4 is 24.8 Å². The third-order valence-electron chi connectivity index (χ3n) is 4.82. The summed E-state index contributed by atoms with van der Waals surface area (Å²) in [5.74, 6) is 2.51. The van der Waals surface area contributed by atoms with Crippen molar-refractivity contribution in [2.24, 2.45) is 0 Å². The first-order valence-electron chi connectivity index (χ1n) is 10.4. The van der Waals surface area contributed by atoms with E-state index in [4.69, 9.17) is 19.4 Å². The Bertz CT molecular complexity index is 1310. The number of hydrogen-bond donors (Lipinski definition) is 3. The van der Waals surface area contributed by atoms with Gasteiger partial charge >= 0.3 is 0 Å². The SMILES string of the molecule is CC(=O)Nc1ccc(SNc2nc3ccccc3nc2Nc2ccc3c(c2)OCCO3)cc1. The van der Waals surface area contributed by atoms with Crippen molar-refractivity contribution in [2.75, 3.05) is 28.6 Å². The van der Waals surface area contributed by atoms with Gasteiger partial charge in [0.1, 0.15) is 13.2 Å². The number of aromatic nitrogens is 2. The molecule has 0 bridgehead atoms. The second-order valence-electron chi connectivity index (χ2n) is 7.30. The molecule has 0 aliphatic carbocycles. The summed E-state index contributed by atoms with van der Waals surface area (Å²) >= 11 is 1.41. The van der Waals surface area contributed by atoms with Crippen LogP contribution in [0.4, 0.5) is 23.0 Å². The van der Waals surface area contributed by atoms with Crippen molar-refractivity contribution in [3.63, 3.8) is 0 Å². The van der Waals surface area contributed by atoms with E-state index >= 15 is 0 Å². The molecule has 1 aliphatic heterocycles. The van der Waals surface area contributed by atoms with Gasteiger partial charge in [-0.05, 0) is 60.5 Å². The Morgan fingerprint density at radius 2 is 1.52 bits per heavy atom. The van der Waals surface area contributed by atoms with Gasteiger partial charge in [0, 0.05) is 29.3 Å². The van der Waals surface area contributed by atoms with Crippen molar-refractivity contribution in [3.05, 3.63) is 66.7 Å². The Morgan fingerprint density at radius 3 is 2.24 bits per heavy atom. The van der Waals surface area contributed by atoms with Gasteiger partial charge in [0.25, 0.3) is 0 Å². The van der Waals surface area contributed by atoms with Gasteiger partial charge < -0.3 is 24.8 Å². The molecule has 2 heterocycles. The summed E-state index contributed by atoms with van der Waals surface area (Å²) in [4.78, 5) is 21.7. The molecule has 0 radical (unpaired) electrons. The van der Waals surface area contributed by atoms with Gasteiger partial charge in [0.15, 0.2) is 23.1 Å². The number of nitrogens with zero attached hydrogens (tertiary/aromatic N) is 2. The number of anilines is 4. The van der Waals surface area contributed by atoms with E-state index in [2.05, 4.69) is 15.4 Å². The fraction of sp³-hybridized carbons (Fsp3) is 0.125. The van der Waals surface area contributed by atoms with Crippen molar-refractivity contribution < 1.29 is 14.3 Å². The van der Waals surface area contributed by atoms with Crippen molar-refractivity contribution in [1.82, 2.24) is 9.97 Å². The molecule has 0 fully saturated rings. The average molecular weight is 460 g/mol. The summed E-state index contributed by atoms with van der Waals surface area (Å²) in [7, 11) is 0. The van der Waals surface area contributed by atoms with E-state index in [-0.39, 0.29) is 5.91 Å². The molecule has 3 N–H and O–H groups in total. The van der Waals surface area contributed by atoms with Gasteiger partial charge in [-0.25, -0.2) is 9.97 Å². The van der Waals surface area contributed by atoms with Crippen molar-refractivity contribution in [3.8, 4) is 11.5 Å². The fourth-order valence-electron chi connectivity index (χ4n) is 3.33. The summed E-state index contributed by atoms with van der Waals surface area (Å²) in [5.41, 5.74) is 3.14. The van der Waals surface area contributed by atoms with Crippen molar-refractivity contribution >= 4 is 51.9 Å². The van der Waals surface area contributed by atoms with E-state index in [0.717, 1.165) is 33.1 Å². The van der Waals surface area contributed by atoms with Crippen LogP contribution in [0.1, 0.15) is 6.92 Å². The normalized spacial score (nSPS) is 12.3. The van der Waals surface area contributed by atoms with Gasteiger partial charge in [-0.1, -0.05) is 12.1 Å². The van der Waals surface area contributed by atoms with Crippen LogP contribution >= 0.6 is 11.9 Å². The smallest absolute Gasteiger partial charge is 0.221 e. The number of carbonyl (C=O) groups is 1. The van der Waals surface area contributed by atoms with E-state index in [1.807, 2.05) is 66.7 Å². The highest BCUT2D eigenvalue weighted by Gasteiger charge is 2.14.